The molecule has 28 heavy (non-hydrogen) atoms. The van der Waals surface area contributed by atoms with Crippen LogP contribution in [0.15, 0.2) is 30.3 Å². The molecule has 0 aliphatic rings. The third kappa shape index (κ3) is 5.20. The second kappa shape index (κ2) is 9.37. The van der Waals surface area contributed by atoms with E-state index in [0.717, 1.165) is 0 Å². The average Bonchev–Trinajstić information content (AvgIpc) is 3.22. The number of rotatable bonds is 6. The van der Waals surface area contributed by atoms with E-state index in [1.807, 2.05) is 0 Å². The monoisotopic (exact) mass is 390 g/mol. The van der Waals surface area contributed by atoms with Crippen LogP contribution in [0.2, 0.25) is 0 Å². The number of carbonyl (C=O) groups is 2. The van der Waals surface area contributed by atoms with Crippen LogP contribution in [0.4, 0.5) is 4.39 Å². The van der Waals surface area contributed by atoms with Gasteiger partial charge in [0.1, 0.15) is 11.5 Å². The van der Waals surface area contributed by atoms with Crippen molar-refractivity contribution in [2.45, 2.75) is 26.0 Å². The number of carboxylic acid groups (broad SMARTS) is 1. The molecule has 3 rings (SSSR count). The van der Waals surface area contributed by atoms with Gasteiger partial charge in [-0.15, -0.1) is 0 Å². The third-order valence-electron chi connectivity index (χ3n) is 3.45. The minimum Gasteiger partial charge on any atom is -0.483 e. The molecule has 1 aromatic carbocycles. The van der Waals surface area contributed by atoms with Gasteiger partial charge in [0.25, 0.3) is 6.47 Å². The van der Waals surface area contributed by atoms with Crippen molar-refractivity contribution in [3.05, 3.63) is 42.0 Å². The van der Waals surface area contributed by atoms with Gasteiger partial charge in [-0.1, -0.05) is 12.1 Å². The lowest BCUT2D eigenvalue weighted by Crippen LogP contribution is -2.16. The summed E-state index contributed by atoms with van der Waals surface area (Å²) in [4.78, 5) is 23.7. The van der Waals surface area contributed by atoms with Crippen molar-refractivity contribution in [3.8, 4) is 22.8 Å². The number of aromatic amines is 1. The molecular formula is C17H19FN6O4. The van der Waals surface area contributed by atoms with Gasteiger partial charge >= 0.3 is 0 Å². The number of aliphatic hydroxyl groups is 1. The standard InChI is InChI=1S/C16H17FN6O2.CH2O2/c1-9(24)8-23-16(19-15(22-23)7-14(18)25)13-6-12(20-21-13)10-4-2-3-5-11(10)17;2-1-3/h2-6,9,24H,7-8H2,1H3,(H2,18,25)(H,20,21);1H,(H,2,3). The normalized spacial score (nSPS) is 11.4. The zero-order valence-electron chi connectivity index (χ0n) is 14.9. The van der Waals surface area contributed by atoms with Crippen molar-refractivity contribution < 1.29 is 24.2 Å². The summed E-state index contributed by atoms with van der Waals surface area (Å²) in [6, 6.07) is 7.92. The summed E-state index contributed by atoms with van der Waals surface area (Å²) in [6.07, 6.45) is -0.787. The van der Waals surface area contributed by atoms with Crippen LogP contribution in [-0.2, 0) is 22.6 Å². The summed E-state index contributed by atoms with van der Waals surface area (Å²) in [7, 11) is 0. The van der Waals surface area contributed by atoms with E-state index in [1.165, 1.54) is 10.7 Å². The van der Waals surface area contributed by atoms with Crippen molar-refractivity contribution in [1.29, 1.82) is 0 Å². The molecule has 3 aromatic rings. The van der Waals surface area contributed by atoms with E-state index in [1.54, 1.807) is 31.2 Å². The van der Waals surface area contributed by atoms with E-state index in [2.05, 4.69) is 20.3 Å². The maximum absolute atomic E-state index is 13.9. The van der Waals surface area contributed by atoms with Crippen molar-refractivity contribution in [3.63, 3.8) is 0 Å². The first-order valence-electron chi connectivity index (χ1n) is 8.14. The minimum atomic E-state index is -0.671. The number of hydrogen-bond donors (Lipinski definition) is 4. The number of halogens is 1. The Bertz CT molecular complexity index is 953. The second-order valence-corrected chi connectivity index (χ2v) is 5.78. The first-order valence-corrected chi connectivity index (χ1v) is 8.14. The predicted octanol–water partition coefficient (Wildman–Crippen LogP) is 0.584. The Hall–Kier alpha value is -3.60. The summed E-state index contributed by atoms with van der Waals surface area (Å²) in [6.45, 7) is 1.53. The summed E-state index contributed by atoms with van der Waals surface area (Å²) in [5.41, 5.74) is 6.43. The van der Waals surface area contributed by atoms with Crippen molar-refractivity contribution >= 4 is 12.4 Å². The van der Waals surface area contributed by atoms with Gasteiger partial charge < -0.3 is 15.9 Å². The fraction of sp³-hybridized carbons (Fsp3) is 0.235. The van der Waals surface area contributed by atoms with Crippen molar-refractivity contribution in [2.75, 3.05) is 0 Å². The number of aliphatic hydroxyl groups excluding tert-OH is 1. The minimum absolute atomic E-state index is 0.117. The van der Waals surface area contributed by atoms with E-state index in [0.29, 0.717) is 22.8 Å². The molecular weight excluding hydrogens is 371 g/mol. The molecule has 0 saturated heterocycles. The first kappa shape index (κ1) is 20.7. The molecule has 0 saturated carbocycles. The molecule has 0 aliphatic carbocycles. The molecule has 0 bridgehead atoms. The molecule has 2 aromatic heterocycles. The van der Waals surface area contributed by atoms with Gasteiger partial charge in [0.05, 0.1) is 24.8 Å². The highest BCUT2D eigenvalue weighted by atomic mass is 19.1. The maximum atomic E-state index is 13.9. The quantitative estimate of drug-likeness (QED) is 0.448. The van der Waals surface area contributed by atoms with Crippen LogP contribution in [-0.4, -0.2) is 53.7 Å². The highest BCUT2D eigenvalue weighted by Crippen LogP contribution is 2.25. The maximum Gasteiger partial charge on any atom is 0.290 e. The fourth-order valence-electron chi connectivity index (χ4n) is 2.44. The number of H-pyrrole nitrogens is 1. The van der Waals surface area contributed by atoms with Crippen LogP contribution in [0.3, 0.4) is 0 Å². The van der Waals surface area contributed by atoms with E-state index >= 15 is 0 Å². The topological polar surface area (TPSA) is 160 Å². The van der Waals surface area contributed by atoms with Gasteiger partial charge in [0.15, 0.2) is 11.6 Å². The Morgan fingerprint density at radius 1 is 1.43 bits per heavy atom. The number of hydrogen-bond acceptors (Lipinski definition) is 6. The number of primary amides is 1. The predicted molar refractivity (Wildman–Crippen MR) is 96.3 cm³/mol. The number of carbonyl (C=O) groups excluding carboxylic acids is 1. The number of aromatic nitrogens is 5. The van der Waals surface area contributed by atoms with Gasteiger partial charge in [-0.05, 0) is 25.1 Å². The van der Waals surface area contributed by atoms with Gasteiger partial charge in [0.2, 0.25) is 5.91 Å². The Morgan fingerprint density at radius 2 is 2.11 bits per heavy atom. The molecule has 5 N–H and O–H groups in total. The highest BCUT2D eigenvalue weighted by Gasteiger charge is 2.18. The van der Waals surface area contributed by atoms with Crippen molar-refractivity contribution in [2.24, 2.45) is 5.73 Å². The zero-order valence-corrected chi connectivity index (χ0v) is 14.9. The fourth-order valence-corrected chi connectivity index (χ4v) is 2.44. The zero-order chi connectivity index (χ0) is 20.7. The summed E-state index contributed by atoms with van der Waals surface area (Å²) in [5, 5.41) is 27.6. The number of nitrogens with one attached hydrogen (secondary N) is 1. The number of nitrogens with zero attached hydrogens (tertiary/aromatic N) is 4. The lowest BCUT2D eigenvalue weighted by atomic mass is 10.1. The molecule has 1 unspecified atom stereocenters. The summed E-state index contributed by atoms with van der Waals surface area (Å²) < 4.78 is 15.4. The summed E-state index contributed by atoms with van der Waals surface area (Å²) >= 11 is 0. The van der Waals surface area contributed by atoms with Crippen LogP contribution in [0.5, 0.6) is 0 Å². The number of nitrogens with two attached hydrogens (primary N) is 1. The molecule has 0 radical (unpaired) electrons. The molecule has 0 spiro atoms. The van der Waals surface area contributed by atoms with Crippen LogP contribution < -0.4 is 5.73 Å². The molecule has 1 amide bonds. The Balaban J connectivity index is 0.000000878. The highest BCUT2D eigenvalue weighted by molar-refractivity contribution is 5.75. The Labute approximate surface area is 158 Å². The molecule has 1 atom stereocenters. The van der Waals surface area contributed by atoms with Crippen LogP contribution in [0, 0.1) is 5.82 Å². The lowest BCUT2D eigenvalue weighted by molar-refractivity contribution is -0.123. The van der Waals surface area contributed by atoms with E-state index < -0.39 is 12.0 Å². The van der Waals surface area contributed by atoms with Gasteiger partial charge in [-0.3, -0.25) is 14.7 Å². The van der Waals surface area contributed by atoms with Gasteiger partial charge in [0, 0.05) is 5.56 Å². The first-order chi connectivity index (χ1) is 13.3. The number of benzene rings is 1. The van der Waals surface area contributed by atoms with E-state index in [4.69, 9.17) is 15.6 Å². The molecule has 2 heterocycles. The molecule has 10 nitrogen and oxygen atoms in total. The molecule has 148 valence electrons. The Morgan fingerprint density at radius 3 is 2.71 bits per heavy atom. The van der Waals surface area contributed by atoms with Crippen LogP contribution >= 0.6 is 0 Å². The molecule has 0 fully saturated rings. The average molecular weight is 390 g/mol. The summed E-state index contributed by atoms with van der Waals surface area (Å²) in [5.74, 6) is -0.324. The molecule has 11 heteroatoms. The van der Waals surface area contributed by atoms with Crippen LogP contribution in [0.1, 0.15) is 12.7 Å². The van der Waals surface area contributed by atoms with Crippen molar-refractivity contribution in [1.82, 2.24) is 25.0 Å². The van der Waals surface area contributed by atoms with Crippen LogP contribution in [0.25, 0.3) is 22.8 Å². The van der Waals surface area contributed by atoms with E-state index in [9.17, 15) is 14.3 Å². The van der Waals surface area contributed by atoms with Gasteiger partial charge in [-0.2, -0.15) is 10.2 Å². The SMILES string of the molecule is CC(O)Cn1nc(CC(N)=O)nc1-c1cc(-c2ccccc2F)n[nH]1.O=CO. The third-order valence-corrected chi connectivity index (χ3v) is 3.45. The second-order valence-electron chi connectivity index (χ2n) is 5.78. The Kier molecular flexibility index (Phi) is 6.93. The molecule has 0 aliphatic heterocycles. The largest absolute Gasteiger partial charge is 0.483 e. The van der Waals surface area contributed by atoms with Gasteiger partial charge in [-0.25, -0.2) is 14.1 Å². The van der Waals surface area contributed by atoms with E-state index in [-0.39, 0.29) is 31.1 Å². The smallest absolute Gasteiger partial charge is 0.290 e. The lowest BCUT2D eigenvalue weighted by Gasteiger charge is -2.06. The number of amides is 1.